The number of Topliss-reactive ketones (excluding diaryl/α,β-unsaturated/α-hetero) is 1. The maximum atomic E-state index is 12.1. The highest BCUT2D eigenvalue weighted by Crippen LogP contribution is 2.22. The van der Waals surface area contributed by atoms with Gasteiger partial charge in [0.15, 0.2) is 0 Å². The number of nitrogens with one attached hydrogen (secondary N) is 2. The largest absolute Gasteiger partial charge is 0.368 e. The maximum Gasteiger partial charge on any atom is 0.223 e. The van der Waals surface area contributed by atoms with Crippen LogP contribution in [-0.2, 0) is 9.59 Å². The van der Waals surface area contributed by atoms with Crippen molar-refractivity contribution in [1.29, 1.82) is 0 Å². The molecule has 2 fully saturated rings. The lowest BCUT2D eigenvalue weighted by Gasteiger charge is -2.28. The quantitative estimate of drug-likeness (QED) is 0.756. The summed E-state index contributed by atoms with van der Waals surface area (Å²) in [7, 11) is 0. The first-order chi connectivity index (χ1) is 12.6. The summed E-state index contributed by atoms with van der Waals surface area (Å²) in [5.74, 6) is 2.86. The van der Waals surface area contributed by atoms with Crippen LogP contribution in [0.15, 0.2) is 6.07 Å². The van der Waals surface area contributed by atoms with E-state index in [4.69, 9.17) is 0 Å². The van der Waals surface area contributed by atoms with E-state index in [-0.39, 0.29) is 17.6 Å². The van der Waals surface area contributed by atoms with Crippen molar-refractivity contribution in [3.05, 3.63) is 11.9 Å². The molecule has 2 aliphatic rings. The predicted octanol–water partition coefficient (Wildman–Crippen LogP) is 2.06. The molecule has 0 unspecified atom stereocenters. The van der Waals surface area contributed by atoms with Gasteiger partial charge in [-0.2, -0.15) is 0 Å². The number of ketones is 1. The molecule has 2 heterocycles. The van der Waals surface area contributed by atoms with Gasteiger partial charge in [-0.05, 0) is 39.0 Å². The summed E-state index contributed by atoms with van der Waals surface area (Å²) in [5, 5.41) is 6.25. The molecule has 26 heavy (non-hydrogen) atoms. The molecule has 2 N–H and O–H groups in total. The van der Waals surface area contributed by atoms with Crippen molar-refractivity contribution in [1.82, 2.24) is 15.3 Å². The van der Waals surface area contributed by atoms with E-state index in [9.17, 15) is 9.59 Å². The molecule has 142 valence electrons. The molecule has 1 aliphatic carbocycles. The maximum absolute atomic E-state index is 12.1. The second-order valence-electron chi connectivity index (χ2n) is 7.24. The number of rotatable bonds is 6. The molecule has 3 rings (SSSR count). The lowest BCUT2D eigenvalue weighted by Crippen LogP contribution is -2.36. The van der Waals surface area contributed by atoms with E-state index in [0.717, 1.165) is 30.5 Å². The van der Waals surface area contributed by atoms with E-state index in [1.54, 1.807) is 0 Å². The molecule has 0 aromatic carbocycles. The molecule has 0 bridgehead atoms. The van der Waals surface area contributed by atoms with E-state index in [1.165, 1.54) is 19.3 Å². The normalized spacial score (nSPS) is 18.7. The molecule has 7 nitrogen and oxygen atoms in total. The van der Waals surface area contributed by atoms with Crippen LogP contribution in [0, 0.1) is 12.8 Å². The zero-order valence-electron chi connectivity index (χ0n) is 15.6. The van der Waals surface area contributed by atoms with Crippen LogP contribution in [0.4, 0.5) is 11.6 Å². The molecule has 1 aliphatic heterocycles. The van der Waals surface area contributed by atoms with Gasteiger partial charge >= 0.3 is 0 Å². The minimum Gasteiger partial charge on any atom is -0.368 e. The summed E-state index contributed by atoms with van der Waals surface area (Å²) in [5.41, 5.74) is 0. The third-order valence-electron chi connectivity index (χ3n) is 5.15. The SMILES string of the molecule is Cc1nc(NCCNC(=O)C2CCC(=O)CC2)cc(N2CCCCC2)n1. The molecular weight excluding hydrogens is 330 g/mol. The summed E-state index contributed by atoms with van der Waals surface area (Å²) in [6.07, 6.45) is 6.16. The summed E-state index contributed by atoms with van der Waals surface area (Å²) in [6.45, 7) is 5.18. The van der Waals surface area contributed by atoms with Crippen LogP contribution in [0.25, 0.3) is 0 Å². The van der Waals surface area contributed by atoms with Gasteiger partial charge in [-0.25, -0.2) is 9.97 Å². The highest BCUT2D eigenvalue weighted by atomic mass is 16.2. The smallest absolute Gasteiger partial charge is 0.223 e. The second kappa shape index (κ2) is 8.96. The molecule has 1 saturated heterocycles. The van der Waals surface area contributed by atoms with Gasteiger partial charge in [-0.15, -0.1) is 0 Å². The zero-order chi connectivity index (χ0) is 18.4. The van der Waals surface area contributed by atoms with Crippen LogP contribution >= 0.6 is 0 Å². The van der Waals surface area contributed by atoms with Crippen molar-refractivity contribution in [2.24, 2.45) is 5.92 Å². The van der Waals surface area contributed by atoms with Crippen molar-refractivity contribution in [2.75, 3.05) is 36.4 Å². The Kier molecular flexibility index (Phi) is 6.41. The lowest BCUT2D eigenvalue weighted by atomic mass is 9.88. The van der Waals surface area contributed by atoms with E-state index >= 15 is 0 Å². The number of nitrogens with zero attached hydrogens (tertiary/aromatic N) is 3. The van der Waals surface area contributed by atoms with Crippen molar-refractivity contribution < 1.29 is 9.59 Å². The highest BCUT2D eigenvalue weighted by molar-refractivity contribution is 5.84. The average molecular weight is 359 g/mol. The molecule has 1 aromatic heterocycles. The highest BCUT2D eigenvalue weighted by Gasteiger charge is 2.24. The molecule has 1 amide bonds. The van der Waals surface area contributed by atoms with Crippen molar-refractivity contribution >= 4 is 23.3 Å². The van der Waals surface area contributed by atoms with E-state index < -0.39 is 0 Å². The Bertz CT molecular complexity index is 633. The van der Waals surface area contributed by atoms with Gasteiger partial charge in [0.05, 0.1) is 0 Å². The Labute approximate surface area is 155 Å². The molecular formula is C19H29N5O2. The fourth-order valence-electron chi connectivity index (χ4n) is 3.65. The number of carbonyl (C=O) groups excluding carboxylic acids is 2. The molecule has 0 atom stereocenters. The molecule has 0 spiro atoms. The predicted molar refractivity (Wildman–Crippen MR) is 101 cm³/mol. The average Bonchev–Trinajstić information content (AvgIpc) is 2.66. The molecule has 1 aromatic rings. The van der Waals surface area contributed by atoms with Gasteiger partial charge in [-0.1, -0.05) is 0 Å². The summed E-state index contributed by atoms with van der Waals surface area (Å²) in [6, 6.07) is 1.99. The molecule has 7 heteroatoms. The Balaban J connectivity index is 1.45. The Hall–Kier alpha value is -2.18. The third kappa shape index (κ3) is 5.16. The number of piperidine rings is 1. The first-order valence-electron chi connectivity index (χ1n) is 9.76. The number of carbonyl (C=O) groups is 2. The van der Waals surface area contributed by atoms with E-state index in [2.05, 4.69) is 25.5 Å². The van der Waals surface area contributed by atoms with Crippen molar-refractivity contribution in [3.63, 3.8) is 0 Å². The zero-order valence-corrected chi connectivity index (χ0v) is 15.6. The van der Waals surface area contributed by atoms with Gasteiger partial charge in [-0.3, -0.25) is 9.59 Å². The standard InChI is InChI=1S/C19H29N5O2/c1-14-22-17(13-18(23-14)24-11-3-2-4-12-24)20-9-10-21-19(26)15-5-7-16(25)8-6-15/h13,15H,2-12H2,1H3,(H,21,26)(H,20,22,23). The van der Waals surface area contributed by atoms with Crippen LogP contribution < -0.4 is 15.5 Å². The number of hydrogen-bond acceptors (Lipinski definition) is 6. The first kappa shape index (κ1) is 18.6. The topological polar surface area (TPSA) is 87.2 Å². The molecule has 0 radical (unpaired) electrons. The van der Waals surface area contributed by atoms with E-state index in [1.807, 2.05) is 13.0 Å². The van der Waals surface area contributed by atoms with Gasteiger partial charge in [0, 0.05) is 51.0 Å². The van der Waals surface area contributed by atoms with Crippen LogP contribution in [0.1, 0.15) is 50.8 Å². The van der Waals surface area contributed by atoms with Gasteiger partial charge < -0.3 is 15.5 Å². The summed E-state index contributed by atoms with van der Waals surface area (Å²) in [4.78, 5) is 34.7. The first-order valence-corrected chi connectivity index (χ1v) is 9.76. The van der Waals surface area contributed by atoms with Gasteiger partial charge in [0.25, 0.3) is 0 Å². The number of aryl methyl sites for hydroxylation is 1. The van der Waals surface area contributed by atoms with Crippen molar-refractivity contribution in [3.8, 4) is 0 Å². The summed E-state index contributed by atoms with van der Waals surface area (Å²) >= 11 is 0. The van der Waals surface area contributed by atoms with Crippen LogP contribution in [-0.4, -0.2) is 47.8 Å². The van der Waals surface area contributed by atoms with Crippen LogP contribution in [0.2, 0.25) is 0 Å². The third-order valence-corrected chi connectivity index (χ3v) is 5.15. The number of aromatic nitrogens is 2. The van der Waals surface area contributed by atoms with Crippen molar-refractivity contribution in [2.45, 2.75) is 51.9 Å². The van der Waals surface area contributed by atoms with Crippen LogP contribution in [0.3, 0.4) is 0 Å². The number of anilines is 2. The number of hydrogen-bond donors (Lipinski definition) is 2. The van der Waals surface area contributed by atoms with E-state index in [0.29, 0.717) is 38.8 Å². The number of amides is 1. The Morgan fingerprint density at radius 2 is 1.88 bits per heavy atom. The Morgan fingerprint density at radius 1 is 1.15 bits per heavy atom. The summed E-state index contributed by atoms with van der Waals surface area (Å²) < 4.78 is 0. The monoisotopic (exact) mass is 359 g/mol. The van der Waals surface area contributed by atoms with Crippen LogP contribution in [0.5, 0.6) is 0 Å². The second-order valence-corrected chi connectivity index (χ2v) is 7.24. The lowest BCUT2D eigenvalue weighted by molar-refractivity contribution is -0.128. The fraction of sp³-hybridized carbons (Fsp3) is 0.684. The molecule has 1 saturated carbocycles. The van der Waals surface area contributed by atoms with Gasteiger partial charge in [0.2, 0.25) is 5.91 Å². The minimum absolute atomic E-state index is 0.0142. The minimum atomic E-state index is -0.0142. The Morgan fingerprint density at radius 3 is 2.62 bits per heavy atom. The van der Waals surface area contributed by atoms with Gasteiger partial charge in [0.1, 0.15) is 23.2 Å². The fourth-order valence-corrected chi connectivity index (χ4v) is 3.65.